The summed E-state index contributed by atoms with van der Waals surface area (Å²) in [6.07, 6.45) is 1.68. The van der Waals surface area contributed by atoms with E-state index in [1.165, 1.54) is 0 Å². The second kappa shape index (κ2) is 7.49. The molecular formula is C16H20ClNO4. The topological polar surface area (TPSA) is 66.8 Å². The molecule has 0 bridgehead atoms. The van der Waals surface area contributed by atoms with Gasteiger partial charge in [-0.05, 0) is 43.5 Å². The summed E-state index contributed by atoms with van der Waals surface area (Å²) in [6, 6.07) is 7.05. The summed E-state index contributed by atoms with van der Waals surface area (Å²) in [5.41, 5.74) is 0. The van der Waals surface area contributed by atoms with Crippen LogP contribution >= 0.6 is 11.6 Å². The Kier molecular flexibility index (Phi) is 5.66. The lowest BCUT2D eigenvalue weighted by atomic mass is 10.0. The Morgan fingerprint density at radius 3 is 2.50 bits per heavy atom. The van der Waals surface area contributed by atoms with Crippen molar-refractivity contribution in [1.29, 1.82) is 0 Å². The van der Waals surface area contributed by atoms with E-state index in [0.29, 0.717) is 43.2 Å². The van der Waals surface area contributed by atoms with Crippen LogP contribution in [0.3, 0.4) is 0 Å². The van der Waals surface area contributed by atoms with Crippen molar-refractivity contribution in [1.82, 2.24) is 4.90 Å². The van der Waals surface area contributed by atoms with E-state index in [9.17, 15) is 9.59 Å². The lowest BCUT2D eigenvalue weighted by Crippen LogP contribution is -2.35. The third-order valence-corrected chi connectivity index (χ3v) is 4.27. The number of carboxylic acid groups (broad SMARTS) is 1. The van der Waals surface area contributed by atoms with Gasteiger partial charge in [0.25, 0.3) is 0 Å². The summed E-state index contributed by atoms with van der Waals surface area (Å²) in [7, 11) is 1.72. The van der Waals surface area contributed by atoms with Crippen LogP contribution in [0.5, 0.6) is 5.75 Å². The van der Waals surface area contributed by atoms with Crippen molar-refractivity contribution in [3.8, 4) is 5.75 Å². The Bertz CT molecular complexity index is 531. The molecule has 2 atom stereocenters. The first-order valence-electron chi connectivity index (χ1n) is 7.33. The van der Waals surface area contributed by atoms with Crippen LogP contribution in [0.2, 0.25) is 5.02 Å². The largest absolute Gasteiger partial charge is 0.492 e. The Hall–Kier alpha value is -1.75. The second-order valence-electron chi connectivity index (χ2n) is 5.61. The lowest BCUT2D eigenvalue weighted by molar-refractivity contribution is -0.141. The van der Waals surface area contributed by atoms with Crippen LogP contribution in [0.15, 0.2) is 24.3 Å². The van der Waals surface area contributed by atoms with Gasteiger partial charge in [0, 0.05) is 18.0 Å². The Morgan fingerprint density at radius 1 is 1.27 bits per heavy atom. The van der Waals surface area contributed by atoms with Crippen LogP contribution in [-0.2, 0) is 9.59 Å². The van der Waals surface area contributed by atoms with Gasteiger partial charge in [-0.25, -0.2) is 0 Å². The third-order valence-electron chi connectivity index (χ3n) is 4.02. The lowest BCUT2D eigenvalue weighted by Gasteiger charge is -2.21. The van der Waals surface area contributed by atoms with Crippen LogP contribution in [0.4, 0.5) is 0 Å². The molecule has 1 saturated carbocycles. The van der Waals surface area contributed by atoms with Gasteiger partial charge in [0.2, 0.25) is 5.91 Å². The molecule has 1 amide bonds. The van der Waals surface area contributed by atoms with Gasteiger partial charge in [0.1, 0.15) is 12.4 Å². The first-order chi connectivity index (χ1) is 10.5. The van der Waals surface area contributed by atoms with Gasteiger partial charge in [0.05, 0.1) is 12.5 Å². The second-order valence-corrected chi connectivity index (χ2v) is 6.04. The number of benzene rings is 1. The van der Waals surface area contributed by atoms with Gasteiger partial charge in [-0.15, -0.1) is 0 Å². The van der Waals surface area contributed by atoms with Crippen molar-refractivity contribution in [2.75, 3.05) is 20.2 Å². The van der Waals surface area contributed by atoms with Crippen LogP contribution in [-0.4, -0.2) is 42.1 Å². The quantitative estimate of drug-likeness (QED) is 0.873. The summed E-state index contributed by atoms with van der Waals surface area (Å²) >= 11 is 5.79. The highest BCUT2D eigenvalue weighted by molar-refractivity contribution is 6.30. The molecule has 0 saturated heterocycles. The Labute approximate surface area is 134 Å². The monoisotopic (exact) mass is 325 g/mol. The fraction of sp³-hybridized carbons (Fsp3) is 0.500. The van der Waals surface area contributed by atoms with Gasteiger partial charge in [0.15, 0.2) is 0 Å². The molecule has 6 heteroatoms. The van der Waals surface area contributed by atoms with Crippen molar-refractivity contribution in [2.45, 2.75) is 19.3 Å². The molecule has 1 aromatic rings. The molecule has 5 nitrogen and oxygen atoms in total. The smallest absolute Gasteiger partial charge is 0.306 e. The van der Waals surface area contributed by atoms with Gasteiger partial charge in [-0.1, -0.05) is 11.6 Å². The summed E-state index contributed by atoms with van der Waals surface area (Å²) in [4.78, 5) is 24.8. The molecule has 1 aliphatic rings. The molecule has 0 heterocycles. The molecule has 2 rings (SSSR count). The number of likely N-dealkylation sites (N-methyl/N-ethyl adjacent to an activating group) is 1. The van der Waals surface area contributed by atoms with Crippen molar-refractivity contribution >= 4 is 23.5 Å². The predicted octanol–water partition coefficient (Wildman–Crippen LogP) is 2.68. The minimum Gasteiger partial charge on any atom is -0.492 e. The number of ether oxygens (including phenoxy) is 1. The fourth-order valence-corrected chi connectivity index (χ4v) is 2.81. The summed E-state index contributed by atoms with van der Waals surface area (Å²) in [6.45, 7) is 0.856. The summed E-state index contributed by atoms with van der Waals surface area (Å²) in [5.74, 6) is -0.654. The number of aliphatic carboxylic acids is 1. The standard InChI is InChI=1S/C16H20ClNO4/c1-18(8-9-22-14-6-4-13(17)5-7-14)15(19)11-2-3-12(10-11)16(20)21/h4-7,11-12H,2-3,8-10H2,1H3,(H,20,21)/t11-,12+/m1/s1. The molecule has 0 aliphatic heterocycles. The number of hydrogen-bond acceptors (Lipinski definition) is 3. The average molecular weight is 326 g/mol. The summed E-state index contributed by atoms with van der Waals surface area (Å²) in [5, 5.41) is 9.63. The zero-order valence-electron chi connectivity index (χ0n) is 12.5. The highest BCUT2D eigenvalue weighted by Gasteiger charge is 2.34. The van der Waals surface area contributed by atoms with Crippen LogP contribution in [0.25, 0.3) is 0 Å². The Morgan fingerprint density at radius 2 is 1.91 bits per heavy atom. The van der Waals surface area contributed by atoms with Crippen molar-refractivity contribution in [2.24, 2.45) is 11.8 Å². The zero-order valence-corrected chi connectivity index (χ0v) is 13.3. The van der Waals surface area contributed by atoms with Crippen LogP contribution < -0.4 is 4.74 Å². The van der Waals surface area contributed by atoms with Gasteiger partial charge in [-0.2, -0.15) is 0 Å². The van der Waals surface area contributed by atoms with Gasteiger partial charge in [-0.3, -0.25) is 9.59 Å². The van der Waals surface area contributed by atoms with Crippen molar-refractivity contribution < 1.29 is 19.4 Å². The van der Waals surface area contributed by atoms with Gasteiger partial charge < -0.3 is 14.7 Å². The van der Waals surface area contributed by atoms with E-state index in [1.807, 2.05) is 0 Å². The van der Waals surface area contributed by atoms with E-state index in [0.717, 1.165) is 0 Å². The molecule has 1 aliphatic carbocycles. The molecule has 0 aromatic heterocycles. The molecule has 0 unspecified atom stereocenters. The van der Waals surface area contributed by atoms with E-state index < -0.39 is 5.97 Å². The van der Waals surface area contributed by atoms with E-state index in [2.05, 4.69) is 0 Å². The fourth-order valence-electron chi connectivity index (χ4n) is 2.68. The van der Waals surface area contributed by atoms with Crippen LogP contribution in [0.1, 0.15) is 19.3 Å². The molecule has 1 aromatic carbocycles. The number of carbonyl (C=O) groups excluding carboxylic acids is 1. The zero-order chi connectivity index (χ0) is 16.1. The molecule has 0 spiro atoms. The molecule has 22 heavy (non-hydrogen) atoms. The SMILES string of the molecule is CN(CCOc1ccc(Cl)cc1)C(=O)[C@@H]1CC[C@H](C(=O)O)C1. The molecule has 1 fully saturated rings. The maximum Gasteiger partial charge on any atom is 0.306 e. The predicted molar refractivity (Wildman–Crippen MR) is 83.1 cm³/mol. The van der Waals surface area contributed by atoms with E-state index in [-0.39, 0.29) is 17.7 Å². The highest BCUT2D eigenvalue weighted by Crippen LogP contribution is 2.32. The number of rotatable bonds is 6. The van der Waals surface area contributed by atoms with Crippen molar-refractivity contribution in [3.05, 3.63) is 29.3 Å². The first kappa shape index (κ1) is 16.6. The van der Waals surface area contributed by atoms with Gasteiger partial charge >= 0.3 is 5.97 Å². The number of carboxylic acids is 1. The molecular weight excluding hydrogens is 306 g/mol. The maximum absolute atomic E-state index is 12.3. The van der Waals surface area contributed by atoms with Crippen molar-refractivity contribution in [3.63, 3.8) is 0 Å². The minimum absolute atomic E-state index is 0.00320. The van der Waals surface area contributed by atoms with E-state index in [4.69, 9.17) is 21.4 Å². The normalized spacial score (nSPS) is 20.6. The summed E-state index contributed by atoms with van der Waals surface area (Å²) < 4.78 is 5.56. The molecule has 120 valence electrons. The number of carbonyl (C=O) groups is 2. The average Bonchev–Trinajstić information content (AvgIpc) is 2.98. The first-order valence-corrected chi connectivity index (χ1v) is 7.71. The number of halogens is 1. The van der Waals surface area contributed by atoms with Crippen LogP contribution in [0, 0.1) is 11.8 Å². The molecule has 0 radical (unpaired) electrons. The number of hydrogen-bond donors (Lipinski definition) is 1. The highest BCUT2D eigenvalue weighted by atomic mass is 35.5. The van der Waals surface area contributed by atoms with E-state index >= 15 is 0 Å². The number of amides is 1. The molecule has 1 N–H and O–H groups in total. The minimum atomic E-state index is -0.802. The third kappa shape index (κ3) is 4.37. The maximum atomic E-state index is 12.3. The number of nitrogens with zero attached hydrogens (tertiary/aromatic N) is 1. The Balaban J connectivity index is 1.75. The van der Waals surface area contributed by atoms with E-state index in [1.54, 1.807) is 36.2 Å².